The fourth-order valence-electron chi connectivity index (χ4n) is 1.96. The highest BCUT2D eigenvalue weighted by atomic mass is 16.6. The molecule has 0 aliphatic rings. The molecule has 2 rings (SSSR count). The number of hydrazine groups is 1. The van der Waals surface area contributed by atoms with Crippen LogP contribution in [-0.4, -0.2) is 14.7 Å². The van der Waals surface area contributed by atoms with Crippen LogP contribution in [0, 0.1) is 24.0 Å². The van der Waals surface area contributed by atoms with Gasteiger partial charge in [-0.25, -0.2) is 0 Å². The lowest BCUT2D eigenvalue weighted by atomic mass is 10.1. The molecule has 7 heteroatoms. The van der Waals surface area contributed by atoms with Gasteiger partial charge < -0.3 is 5.43 Å². The third-order valence-electron chi connectivity index (χ3n) is 2.85. The van der Waals surface area contributed by atoms with Crippen molar-refractivity contribution < 1.29 is 4.92 Å². The Morgan fingerprint density at radius 2 is 2.16 bits per heavy atom. The summed E-state index contributed by atoms with van der Waals surface area (Å²) in [5.74, 6) is 5.25. The number of nitro benzene ring substituents is 1. The Hall–Kier alpha value is -2.41. The van der Waals surface area contributed by atoms with Gasteiger partial charge in [0.25, 0.3) is 5.69 Å². The SMILES string of the molecule is Cc1cc(C)n(Cc2ccc(NN)c([N+](=O)[O-])c2)n1. The predicted molar refractivity (Wildman–Crippen MR) is 71.7 cm³/mol. The fourth-order valence-corrected chi connectivity index (χ4v) is 1.96. The van der Waals surface area contributed by atoms with Crippen molar-refractivity contribution in [2.45, 2.75) is 20.4 Å². The van der Waals surface area contributed by atoms with Gasteiger partial charge in [0.1, 0.15) is 5.69 Å². The van der Waals surface area contributed by atoms with Gasteiger partial charge in [0.2, 0.25) is 0 Å². The van der Waals surface area contributed by atoms with Crippen LogP contribution in [0.2, 0.25) is 0 Å². The Morgan fingerprint density at radius 1 is 1.42 bits per heavy atom. The number of aromatic nitrogens is 2. The third kappa shape index (κ3) is 2.71. The zero-order valence-electron chi connectivity index (χ0n) is 10.8. The number of nitrogens with zero attached hydrogens (tertiary/aromatic N) is 3. The molecule has 7 nitrogen and oxygen atoms in total. The van der Waals surface area contributed by atoms with Crippen molar-refractivity contribution in [3.05, 3.63) is 51.3 Å². The van der Waals surface area contributed by atoms with E-state index in [1.807, 2.05) is 24.6 Å². The van der Waals surface area contributed by atoms with E-state index in [1.165, 1.54) is 6.07 Å². The molecule has 0 amide bonds. The summed E-state index contributed by atoms with van der Waals surface area (Å²) in [7, 11) is 0. The highest BCUT2D eigenvalue weighted by Crippen LogP contribution is 2.25. The summed E-state index contributed by atoms with van der Waals surface area (Å²) in [6, 6.07) is 6.85. The zero-order valence-corrected chi connectivity index (χ0v) is 10.8. The van der Waals surface area contributed by atoms with E-state index in [0.717, 1.165) is 17.0 Å². The number of benzene rings is 1. The summed E-state index contributed by atoms with van der Waals surface area (Å²) in [6.45, 7) is 4.35. The average molecular weight is 261 g/mol. The second kappa shape index (κ2) is 5.07. The van der Waals surface area contributed by atoms with Crippen molar-refractivity contribution in [3.8, 4) is 0 Å². The molecule has 0 saturated heterocycles. The Kier molecular flexibility index (Phi) is 3.48. The summed E-state index contributed by atoms with van der Waals surface area (Å²) >= 11 is 0. The molecule has 19 heavy (non-hydrogen) atoms. The summed E-state index contributed by atoms with van der Waals surface area (Å²) < 4.78 is 1.81. The quantitative estimate of drug-likeness (QED) is 0.496. The highest BCUT2D eigenvalue weighted by Gasteiger charge is 2.14. The molecule has 3 N–H and O–H groups in total. The molecule has 0 saturated carbocycles. The summed E-state index contributed by atoms with van der Waals surface area (Å²) in [5, 5.41) is 15.3. The van der Waals surface area contributed by atoms with Crippen molar-refractivity contribution >= 4 is 11.4 Å². The third-order valence-corrected chi connectivity index (χ3v) is 2.85. The van der Waals surface area contributed by atoms with E-state index in [4.69, 9.17) is 5.84 Å². The maximum absolute atomic E-state index is 10.9. The predicted octanol–water partition coefficient (Wildman–Crippen LogP) is 1.74. The fraction of sp³-hybridized carbons (Fsp3) is 0.250. The van der Waals surface area contributed by atoms with Crippen molar-refractivity contribution in [2.75, 3.05) is 5.43 Å². The van der Waals surface area contributed by atoms with Crippen LogP contribution in [0.1, 0.15) is 17.0 Å². The molecular formula is C12H15N5O2. The molecule has 0 radical (unpaired) electrons. The van der Waals surface area contributed by atoms with Crippen molar-refractivity contribution in [1.29, 1.82) is 0 Å². The molecule has 1 aromatic heterocycles. The molecule has 2 aromatic rings. The van der Waals surface area contributed by atoms with Gasteiger partial charge in [-0.2, -0.15) is 5.10 Å². The first-order valence-corrected chi connectivity index (χ1v) is 5.76. The molecule has 100 valence electrons. The van der Waals surface area contributed by atoms with Crippen LogP contribution in [0.3, 0.4) is 0 Å². The van der Waals surface area contributed by atoms with Crippen LogP contribution in [0.5, 0.6) is 0 Å². The van der Waals surface area contributed by atoms with Crippen LogP contribution < -0.4 is 11.3 Å². The Morgan fingerprint density at radius 3 is 2.68 bits per heavy atom. The van der Waals surface area contributed by atoms with Gasteiger partial charge in [-0.3, -0.25) is 20.6 Å². The number of nitrogens with two attached hydrogens (primary N) is 1. The molecule has 0 fully saturated rings. The van der Waals surface area contributed by atoms with Gasteiger partial charge in [-0.05, 0) is 31.5 Å². The standard InChI is InChI=1S/C12H15N5O2/c1-8-5-9(2)16(15-8)7-10-3-4-11(14-13)12(6-10)17(18)19/h3-6,14H,7,13H2,1-2H3. The first kappa shape index (κ1) is 13.0. The highest BCUT2D eigenvalue weighted by molar-refractivity contribution is 5.61. The van der Waals surface area contributed by atoms with Crippen LogP contribution in [0.25, 0.3) is 0 Å². The molecule has 1 heterocycles. The number of anilines is 1. The molecule has 1 aromatic carbocycles. The molecule has 0 spiro atoms. The van der Waals surface area contributed by atoms with Gasteiger partial charge >= 0.3 is 0 Å². The lowest BCUT2D eigenvalue weighted by Crippen LogP contribution is -2.10. The Labute approximate surface area is 110 Å². The van der Waals surface area contributed by atoms with Crippen LogP contribution in [-0.2, 0) is 6.54 Å². The monoisotopic (exact) mass is 261 g/mol. The van der Waals surface area contributed by atoms with Crippen molar-refractivity contribution in [1.82, 2.24) is 9.78 Å². The second-order valence-corrected chi connectivity index (χ2v) is 4.34. The number of nitrogens with one attached hydrogen (secondary N) is 1. The minimum Gasteiger partial charge on any atom is -0.318 e. The number of nitrogen functional groups attached to an aromatic ring is 1. The van der Waals surface area contributed by atoms with Crippen molar-refractivity contribution in [3.63, 3.8) is 0 Å². The molecule has 0 atom stereocenters. The lowest BCUT2D eigenvalue weighted by molar-refractivity contribution is -0.384. The van der Waals surface area contributed by atoms with Crippen LogP contribution in [0.15, 0.2) is 24.3 Å². The van der Waals surface area contributed by atoms with Gasteiger partial charge in [0.15, 0.2) is 0 Å². The number of aryl methyl sites for hydroxylation is 2. The second-order valence-electron chi connectivity index (χ2n) is 4.34. The van der Waals surface area contributed by atoms with Crippen molar-refractivity contribution in [2.24, 2.45) is 5.84 Å². The molecule has 0 unspecified atom stereocenters. The maximum Gasteiger partial charge on any atom is 0.293 e. The van der Waals surface area contributed by atoms with E-state index in [2.05, 4.69) is 10.5 Å². The first-order valence-electron chi connectivity index (χ1n) is 5.76. The Bertz CT molecular complexity index is 621. The average Bonchev–Trinajstić information content (AvgIpc) is 2.67. The maximum atomic E-state index is 10.9. The minimum atomic E-state index is -0.458. The summed E-state index contributed by atoms with van der Waals surface area (Å²) in [4.78, 5) is 10.5. The van der Waals surface area contributed by atoms with Crippen LogP contribution >= 0.6 is 0 Å². The number of nitro groups is 1. The van der Waals surface area contributed by atoms with E-state index in [-0.39, 0.29) is 5.69 Å². The van der Waals surface area contributed by atoms with Gasteiger partial charge in [0.05, 0.1) is 17.2 Å². The van der Waals surface area contributed by atoms with E-state index >= 15 is 0 Å². The molecule has 0 aliphatic heterocycles. The topological polar surface area (TPSA) is 99.0 Å². The normalized spacial score (nSPS) is 10.5. The van der Waals surface area contributed by atoms with E-state index in [0.29, 0.717) is 12.2 Å². The van der Waals surface area contributed by atoms with Gasteiger partial charge in [0, 0.05) is 11.8 Å². The van der Waals surface area contributed by atoms with Gasteiger partial charge in [-0.15, -0.1) is 0 Å². The molecule has 0 bridgehead atoms. The molecular weight excluding hydrogens is 246 g/mol. The summed E-state index contributed by atoms with van der Waals surface area (Å²) in [5.41, 5.74) is 5.31. The van der Waals surface area contributed by atoms with Gasteiger partial charge in [-0.1, -0.05) is 6.07 Å². The number of hydrogen-bond donors (Lipinski definition) is 2. The minimum absolute atomic E-state index is 0.0402. The lowest BCUT2D eigenvalue weighted by Gasteiger charge is -2.07. The number of rotatable bonds is 4. The van der Waals surface area contributed by atoms with E-state index in [1.54, 1.807) is 12.1 Å². The molecule has 0 aliphatic carbocycles. The van der Waals surface area contributed by atoms with E-state index in [9.17, 15) is 10.1 Å². The summed E-state index contributed by atoms with van der Waals surface area (Å²) in [6.07, 6.45) is 0. The number of hydrogen-bond acceptors (Lipinski definition) is 5. The van der Waals surface area contributed by atoms with Crippen LogP contribution in [0.4, 0.5) is 11.4 Å². The smallest absolute Gasteiger partial charge is 0.293 e. The first-order chi connectivity index (χ1) is 9.01. The van der Waals surface area contributed by atoms with E-state index < -0.39 is 4.92 Å². The Balaban J connectivity index is 2.33. The zero-order chi connectivity index (χ0) is 14.0. The largest absolute Gasteiger partial charge is 0.318 e.